The van der Waals surface area contributed by atoms with E-state index < -0.39 is 0 Å². The van der Waals surface area contributed by atoms with Crippen molar-refractivity contribution >= 4 is 39.0 Å². The summed E-state index contributed by atoms with van der Waals surface area (Å²) in [7, 11) is 0. The van der Waals surface area contributed by atoms with Crippen molar-refractivity contribution in [2.45, 2.75) is 0 Å². The number of benzene rings is 10. The molecule has 0 aliphatic heterocycles. The zero-order valence-electron chi connectivity index (χ0n) is 34.0. The highest BCUT2D eigenvalue weighted by molar-refractivity contribution is 6.06. The molecule has 0 aliphatic rings. The molecule has 10 aromatic carbocycles. The van der Waals surface area contributed by atoms with Crippen molar-refractivity contribution in [2.24, 2.45) is 0 Å². The van der Waals surface area contributed by atoms with E-state index in [1.54, 1.807) is 0 Å². The van der Waals surface area contributed by atoms with Crippen LogP contribution in [0.3, 0.4) is 0 Å². The number of anilines is 3. The SMILES string of the molecule is c1ccc(-c2ccc(-c3ccc(N(c4ccc(-c5cccc(-c6ccccc6)c5)cc4)c4cccc(-c5cccc(-c6ccc7oc8ccccc8c7c6)c5)c4)cc3)cc2)cc1. The molecule has 0 saturated heterocycles. The van der Waals surface area contributed by atoms with Crippen molar-refractivity contribution in [3.8, 4) is 66.8 Å². The van der Waals surface area contributed by atoms with Gasteiger partial charge < -0.3 is 9.32 Å². The Hall–Kier alpha value is -8.20. The second kappa shape index (κ2) is 16.1. The lowest BCUT2D eigenvalue weighted by Crippen LogP contribution is -2.10. The van der Waals surface area contributed by atoms with Crippen LogP contribution in [0, 0.1) is 0 Å². The lowest BCUT2D eigenvalue weighted by Gasteiger charge is -2.26. The molecule has 0 atom stereocenters. The third-order valence-electron chi connectivity index (χ3n) is 11.9. The number of rotatable bonds is 9. The Bertz CT molecular complexity index is 3310. The summed E-state index contributed by atoms with van der Waals surface area (Å²) in [4.78, 5) is 2.36. The van der Waals surface area contributed by atoms with Gasteiger partial charge in [0.05, 0.1) is 0 Å². The quantitative estimate of drug-likeness (QED) is 0.145. The van der Waals surface area contributed by atoms with E-state index in [4.69, 9.17) is 4.42 Å². The number of nitrogens with zero attached hydrogens (tertiary/aromatic N) is 1. The van der Waals surface area contributed by atoms with Crippen molar-refractivity contribution in [3.63, 3.8) is 0 Å². The molecule has 1 heterocycles. The molecule has 0 amide bonds. The summed E-state index contributed by atoms with van der Waals surface area (Å²) >= 11 is 0. The van der Waals surface area contributed by atoms with Gasteiger partial charge in [0.1, 0.15) is 11.2 Å². The summed E-state index contributed by atoms with van der Waals surface area (Å²) in [6, 6.07) is 89.1. The van der Waals surface area contributed by atoms with Crippen LogP contribution in [0.4, 0.5) is 17.1 Å². The van der Waals surface area contributed by atoms with Gasteiger partial charge in [-0.3, -0.25) is 0 Å². The van der Waals surface area contributed by atoms with Crippen molar-refractivity contribution in [1.82, 2.24) is 0 Å². The van der Waals surface area contributed by atoms with Crippen LogP contribution in [0.15, 0.2) is 253 Å². The van der Waals surface area contributed by atoms with E-state index in [9.17, 15) is 0 Å². The average Bonchev–Trinajstić information content (AvgIpc) is 3.73. The van der Waals surface area contributed by atoms with Gasteiger partial charge in [0.25, 0.3) is 0 Å². The molecule has 0 spiro atoms. The van der Waals surface area contributed by atoms with Crippen molar-refractivity contribution in [1.29, 1.82) is 0 Å². The first-order valence-electron chi connectivity index (χ1n) is 21.1. The zero-order chi connectivity index (χ0) is 41.2. The predicted molar refractivity (Wildman–Crippen MR) is 261 cm³/mol. The molecule has 11 rings (SSSR count). The molecule has 62 heavy (non-hydrogen) atoms. The predicted octanol–water partition coefficient (Wildman–Crippen LogP) is 17.1. The number of furan rings is 1. The van der Waals surface area contributed by atoms with Gasteiger partial charge in [-0.2, -0.15) is 0 Å². The monoisotopic (exact) mass is 791 g/mol. The summed E-state index contributed by atoms with van der Waals surface area (Å²) < 4.78 is 6.14. The molecule has 2 nitrogen and oxygen atoms in total. The van der Waals surface area contributed by atoms with Crippen molar-refractivity contribution < 1.29 is 4.42 Å². The Balaban J connectivity index is 0.950. The molecule has 0 N–H and O–H groups in total. The number of para-hydroxylation sites is 1. The molecule has 1 aromatic heterocycles. The summed E-state index contributed by atoms with van der Waals surface area (Å²) in [5.41, 5.74) is 19.3. The lowest BCUT2D eigenvalue weighted by molar-refractivity contribution is 0.669. The van der Waals surface area contributed by atoms with Gasteiger partial charge in [-0.25, -0.2) is 0 Å². The Morgan fingerprint density at radius 1 is 0.210 bits per heavy atom. The van der Waals surface area contributed by atoms with Crippen molar-refractivity contribution in [3.05, 3.63) is 249 Å². The normalized spacial score (nSPS) is 11.2. The minimum Gasteiger partial charge on any atom is -0.456 e. The third-order valence-corrected chi connectivity index (χ3v) is 11.9. The molecule has 0 radical (unpaired) electrons. The van der Waals surface area contributed by atoms with Gasteiger partial charge in [0.15, 0.2) is 0 Å². The maximum absolute atomic E-state index is 6.14. The smallest absolute Gasteiger partial charge is 0.135 e. The number of hydrogen-bond donors (Lipinski definition) is 0. The second-order valence-electron chi connectivity index (χ2n) is 15.8. The zero-order valence-corrected chi connectivity index (χ0v) is 34.0. The van der Waals surface area contributed by atoms with Crippen LogP contribution in [0.25, 0.3) is 88.7 Å². The highest BCUT2D eigenvalue weighted by Gasteiger charge is 2.16. The Morgan fingerprint density at radius 3 is 1.13 bits per heavy atom. The van der Waals surface area contributed by atoms with Crippen LogP contribution in [-0.2, 0) is 0 Å². The summed E-state index contributed by atoms with van der Waals surface area (Å²) in [5.74, 6) is 0. The van der Waals surface area contributed by atoms with E-state index in [1.807, 2.05) is 12.1 Å². The van der Waals surface area contributed by atoms with Gasteiger partial charge >= 0.3 is 0 Å². The fraction of sp³-hybridized carbons (Fsp3) is 0. The van der Waals surface area contributed by atoms with Crippen LogP contribution in [0.5, 0.6) is 0 Å². The molecule has 0 fully saturated rings. The van der Waals surface area contributed by atoms with Crippen LogP contribution in [0.1, 0.15) is 0 Å². The molecular formula is C60H41NO. The summed E-state index contributed by atoms with van der Waals surface area (Å²) in [6.45, 7) is 0. The standard InChI is InChI=1S/C60H41NO/c1-3-12-42(13-4-1)44-24-26-45(27-25-44)46-28-33-54(34-29-46)61(55-35-30-47(31-36-55)49-17-9-16-48(38-49)43-14-5-2-6-15-43)56-21-11-20-52(40-56)50-18-10-19-51(39-50)53-32-37-60-58(41-53)57-22-7-8-23-59(57)62-60/h1-41H. The van der Waals surface area contributed by atoms with Crippen LogP contribution in [-0.4, -0.2) is 0 Å². The molecule has 0 aliphatic carbocycles. The van der Waals surface area contributed by atoms with Crippen LogP contribution < -0.4 is 4.90 Å². The van der Waals surface area contributed by atoms with E-state index >= 15 is 0 Å². The first-order chi connectivity index (χ1) is 30.7. The first-order valence-corrected chi connectivity index (χ1v) is 21.1. The van der Waals surface area contributed by atoms with Gasteiger partial charge in [0.2, 0.25) is 0 Å². The van der Waals surface area contributed by atoms with Crippen molar-refractivity contribution in [2.75, 3.05) is 4.90 Å². The first kappa shape index (κ1) is 36.8. The molecular weight excluding hydrogens is 751 g/mol. The maximum Gasteiger partial charge on any atom is 0.135 e. The summed E-state index contributed by atoms with van der Waals surface area (Å²) in [6.07, 6.45) is 0. The minimum absolute atomic E-state index is 0.904. The van der Waals surface area contributed by atoms with E-state index in [2.05, 4.69) is 241 Å². The molecule has 0 bridgehead atoms. The Morgan fingerprint density at radius 2 is 0.565 bits per heavy atom. The highest BCUT2D eigenvalue weighted by atomic mass is 16.3. The van der Waals surface area contributed by atoms with Crippen LogP contribution in [0.2, 0.25) is 0 Å². The fourth-order valence-corrected chi connectivity index (χ4v) is 8.66. The Kier molecular flexibility index (Phi) is 9.57. The number of hydrogen-bond acceptors (Lipinski definition) is 2. The molecule has 0 saturated carbocycles. The highest BCUT2D eigenvalue weighted by Crippen LogP contribution is 2.40. The Labute approximate surface area is 362 Å². The largest absolute Gasteiger partial charge is 0.456 e. The van der Waals surface area contributed by atoms with E-state index in [-0.39, 0.29) is 0 Å². The van der Waals surface area contributed by atoms with E-state index in [0.29, 0.717) is 0 Å². The average molecular weight is 792 g/mol. The van der Waals surface area contributed by atoms with E-state index in [1.165, 1.54) is 44.5 Å². The summed E-state index contributed by atoms with van der Waals surface area (Å²) in [5, 5.41) is 2.27. The van der Waals surface area contributed by atoms with Gasteiger partial charge in [0, 0.05) is 27.8 Å². The second-order valence-corrected chi connectivity index (χ2v) is 15.8. The maximum atomic E-state index is 6.14. The minimum atomic E-state index is 0.904. The van der Waals surface area contributed by atoms with Gasteiger partial charge in [-0.1, -0.05) is 182 Å². The lowest BCUT2D eigenvalue weighted by atomic mass is 9.97. The molecule has 292 valence electrons. The fourth-order valence-electron chi connectivity index (χ4n) is 8.66. The third kappa shape index (κ3) is 7.25. The number of fused-ring (bicyclic) bond motifs is 3. The van der Waals surface area contributed by atoms with Gasteiger partial charge in [-0.15, -0.1) is 0 Å². The van der Waals surface area contributed by atoms with Crippen LogP contribution >= 0.6 is 0 Å². The van der Waals surface area contributed by atoms with Gasteiger partial charge in [-0.05, 0) is 133 Å². The van der Waals surface area contributed by atoms with E-state index in [0.717, 1.165) is 61.3 Å². The topological polar surface area (TPSA) is 16.4 Å². The molecule has 11 aromatic rings. The molecule has 2 heteroatoms. The molecule has 0 unspecified atom stereocenters.